The topological polar surface area (TPSA) is 136 Å². The van der Waals surface area contributed by atoms with E-state index in [-0.39, 0.29) is 23.9 Å². The number of ether oxygens (including phenoxy) is 1. The van der Waals surface area contributed by atoms with Gasteiger partial charge in [0.2, 0.25) is 0 Å². The Morgan fingerprint density at radius 3 is 2.52 bits per heavy atom. The van der Waals surface area contributed by atoms with Gasteiger partial charge >= 0.3 is 6.09 Å². The molecule has 1 amide bonds. The van der Waals surface area contributed by atoms with Crippen molar-refractivity contribution in [3.05, 3.63) is 23.6 Å². The Morgan fingerprint density at radius 1 is 1.32 bits per heavy atom. The molecule has 12 heteroatoms. The fourth-order valence-corrected chi connectivity index (χ4v) is 4.73. The molecular weight excluding hydrogens is 427 g/mol. The average Bonchev–Trinajstić information content (AvgIpc) is 2.78. The predicted octanol–water partition coefficient (Wildman–Crippen LogP) is 1.11. The molecule has 0 spiro atoms. The first kappa shape index (κ1) is 23.4. The van der Waals surface area contributed by atoms with E-state index in [0.717, 1.165) is 25.7 Å². The van der Waals surface area contributed by atoms with E-state index < -0.39 is 23.2 Å². The number of piperidine rings is 2. The number of anilines is 1. The zero-order chi connectivity index (χ0) is 22.4. The Kier molecular flexibility index (Phi) is 8.15. The maximum Gasteiger partial charge on any atom is 0.414 e. The highest BCUT2D eigenvalue weighted by molar-refractivity contribution is 7.76. The summed E-state index contributed by atoms with van der Waals surface area (Å²) in [5.74, 6) is 0.665. The summed E-state index contributed by atoms with van der Waals surface area (Å²) in [6.07, 6.45) is 4.24. The van der Waals surface area contributed by atoms with Crippen molar-refractivity contribution >= 4 is 29.1 Å². The Hall–Kier alpha value is -2.31. The van der Waals surface area contributed by atoms with Crippen LogP contribution in [0, 0.1) is 17.7 Å². The molecule has 31 heavy (non-hydrogen) atoms. The first-order valence-electron chi connectivity index (χ1n) is 10.3. The largest absolute Gasteiger partial charge is 0.760 e. The van der Waals surface area contributed by atoms with Gasteiger partial charge in [0.25, 0.3) is 0 Å². The van der Waals surface area contributed by atoms with Crippen molar-refractivity contribution < 1.29 is 22.7 Å². The summed E-state index contributed by atoms with van der Waals surface area (Å²) >= 11 is -2.14. The molecule has 0 aromatic carbocycles. The van der Waals surface area contributed by atoms with Crippen LogP contribution in [0.3, 0.4) is 0 Å². The van der Waals surface area contributed by atoms with Crippen molar-refractivity contribution in [1.82, 2.24) is 14.6 Å². The van der Waals surface area contributed by atoms with E-state index in [1.54, 1.807) is 0 Å². The number of halogens is 1. The molecule has 0 radical (unpaired) electrons. The number of guanidine groups is 1. The van der Waals surface area contributed by atoms with Crippen LogP contribution in [-0.2, 0) is 22.6 Å². The summed E-state index contributed by atoms with van der Waals surface area (Å²) in [6, 6.07) is 1.48. The number of hydrogen-bond acceptors (Lipinski definition) is 7. The molecule has 0 bridgehead atoms. The SMILES string of the molecule is CN=C(N)NC(=O)OCc1ccnc(N2CCC(C3CCN(S(=O)[O-])CC3)CC2)c1F. The van der Waals surface area contributed by atoms with Gasteiger partial charge in [0.05, 0.1) is 0 Å². The van der Waals surface area contributed by atoms with Crippen LogP contribution in [0.25, 0.3) is 0 Å². The second kappa shape index (κ2) is 10.8. The van der Waals surface area contributed by atoms with Gasteiger partial charge in [-0.25, -0.2) is 18.5 Å². The molecule has 1 aromatic rings. The second-order valence-corrected chi connectivity index (χ2v) is 8.68. The molecule has 2 aliphatic rings. The summed E-state index contributed by atoms with van der Waals surface area (Å²) in [6.45, 7) is 2.25. The fraction of sp³-hybridized carbons (Fsp3) is 0.632. The van der Waals surface area contributed by atoms with E-state index in [4.69, 9.17) is 10.5 Å². The first-order chi connectivity index (χ1) is 14.9. The van der Waals surface area contributed by atoms with Crippen LogP contribution in [0.5, 0.6) is 0 Å². The molecule has 1 unspecified atom stereocenters. The average molecular weight is 456 g/mol. The van der Waals surface area contributed by atoms with Gasteiger partial charge in [-0.05, 0) is 43.6 Å². The molecule has 0 aliphatic carbocycles. The number of carbonyl (C=O) groups is 1. The van der Waals surface area contributed by atoms with E-state index >= 15 is 0 Å². The lowest BCUT2D eigenvalue weighted by molar-refractivity contribution is 0.143. The number of nitrogens with one attached hydrogen (secondary N) is 1. The number of aliphatic imine (C=N–C) groups is 1. The van der Waals surface area contributed by atoms with Crippen molar-refractivity contribution in [2.24, 2.45) is 22.6 Å². The maximum absolute atomic E-state index is 15.0. The van der Waals surface area contributed by atoms with E-state index in [0.29, 0.717) is 38.0 Å². The zero-order valence-electron chi connectivity index (χ0n) is 17.5. The van der Waals surface area contributed by atoms with E-state index in [9.17, 15) is 17.9 Å². The van der Waals surface area contributed by atoms with Gasteiger partial charge in [-0.15, -0.1) is 0 Å². The van der Waals surface area contributed by atoms with E-state index in [2.05, 4.69) is 15.3 Å². The van der Waals surface area contributed by atoms with Gasteiger partial charge in [-0.3, -0.25) is 14.5 Å². The molecule has 10 nitrogen and oxygen atoms in total. The first-order valence-corrected chi connectivity index (χ1v) is 11.3. The standard InChI is InChI=1S/C19H29FN6O4S/c1-22-18(21)24-19(27)30-12-15-2-7-23-17(16(15)20)25-8-3-13(4-9-25)14-5-10-26(11-6-14)31(28)29/h2,7,13-14H,3-6,8-12H2,1H3,(H,28,29)(H3,21,22,24,27)/p-1. The lowest BCUT2D eigenvalue weighted by Gasteiger charge is -2.40. The van der Waals surface area contributed by atoms with Crippen LogP contribution in [0.1, 0.15) is 31.2 Å². The number of aromatic nitrogens is 1. The number of amides is 1. The molecule has 172 valence electrons. The Labute approximate surface area is 183 Å². The van der Waals surface area contributed by atoms with Gasteiger partial charge in [0.1, 0.15) is 6.61 Å². The predicted molar refractivity (Wildman–Crippen MR) is 113 cm³/mol. The number of alkyl carbamates (subject to hydrolysis) is 1. The van der Waals surface area contributed by atoms with E-state index in [1.807, 2.05) is 4.90 Å². The van der Waals surface area contributed by atoms with E-state index in [1.165, 1.54) is 23.6 Å². The molecule has 1 atom stereocenters. The van der Waals surface area contributed by atoms with Crippen LogP contribution < -0.4 is 16.0 Å². The maximum atomic E-state index is 15.0. The lowest BCUT2D eigenvalue weighted by atomic mass is 9.79. The molecule has 0 saturated carbocycles. The number of rotatable bonds is 5. The number of nitrogens with zero attached hydrogens (tertiary/aromatic N) is 4. The highest BCUT2D eigenvalue weighted by atomic mass is 32.2. The highest BCUT2D eigenvalue weighted by Gasteiger charge is 2.31. The van der Waals surface area contributed by atoms with Crippen molar-refractivity contribution in [2.45, 2.75) is 32.3 Å². The van der Waals surface area contributed by atoms with Gasteiger partial charge in [0.15, 0.2) is 17.6 Å². The van der Waals surface area contributed by atoms with Crippen molar-refractivity contribution in [3.63, 3.8) is 0 Å². The Bertz CT molecular complexity index is 826. The summed E-state index contributed by atoms with van der Waals surface area (Å²) in [7, 11) is 1.42. The monoisotopic (exact) mass is 455 g/mol. The van der Waals surface area contributed by atoms with Gasteiger partial charge in [0, 0.05) is 56.3 Å². The zero-order valence-corrected chi connectivity index (χ0v) is 18.3. The Morgan fingerprint density at radius 2 is 1.94 bits per heavy atom. The third-order valence-corrected chi connectivity index (χ3v) is 6.78. The smallest absolute Gasteiger partial charge is 0.414 e. The van der Waals surface area contributed by atoms with Crippen LogP contribution in [0.4, 0.5) is 15.0 Å². The highest BCUT2D eigenvalue weighted by Crippen LogP contribution is 2.34. The van der Waals surface area contributed by atoms with Crippen molar-refractivity contribution in [2.75, 3.05) is 38.1 Å². The molecular formula is C19H28FN6O4S-. The van der Waals surface area contributed by atoms with Crippen molar-refractivity contribution in [3.8, 4) is 0 Å². The molecule has 2 saturated heterocycles. The molecule has 1 aromatic heterocycles. The third kappa shape index (κ3) is 6.11. The molecule has 2 fully saturated rings. The van der Waals surface area contributed by atoms with Gasteiger partial charge in [-0.2, -0.15) is 0 Å². The van der Waals surface area contributed by atoms with Crippen LogP contribution in [-0.4, -0.2) is 63.3 Å². The minimum absolute atomic E-state index is 0.0873. The molecule has 3 rings (SSSR count). The number of nitrogens with two attached hydrogens (primary N) is 1. The molecule has 2 aliphatic heterocycles. The van der Waals surface area contributed by atoms with Crippen LogP contribution >= 0.6 is 0 Å². The second-order valence-electron chi connectivity index (χ2n) is 7.73. The normalized spacial score (nSPS) is 20.5. The number of carbonyl (C=O) groups excluding carboxylic acids is 1. The van der Waals surface area contributed by atoms with Crippen LogP contribution in [0.2, 0.25) is 0 Å². The summed E-state index contributed by atoms with van der Waals surface area (Å²) < 4.78 is 43.6. The lowest BCUT2D eigenvalue weighted by Crippen LogP contribution is -2.41. The quantitative estimate of drug-likeness (QED) is 0.386. The summed E-state index contributed by atoms with van der Waals surface area (Å²) in [5, 5.41) is 2.22. The van der Waals surface area contributed by atoms with Crippen molar-refractivity contribution in [1.29, 1.82) is 0 Å². The minimum Gasteiger partial charge on any atom is -0.760 e. The van der Waals surface area contributed by atoms with Crippen LogP contribution in [0.15, 0.2) is 17.3 Å². The summed E-state index contributed by atoms with van der Waals surface area (Å²) in [5.41, 5.74) is 5.63. The summed E-state index contributed by atoms with van der Waals surface area (Å²) in [4.78, 5) is 21.4. The van der Waals surface area contributed by atoms with Gasteiger partial charge < -0.3 is 19.9 Å². The third-order valence-electron chi connectivity index (χ3n) is 6.00. The fourth-order valence-electron chi connectivity index (χ4n) is 4.22. The molecule has 3 N–H and O–H groups in total. The minimum atomic E-state index is -2.14. The number of pyridine rings is 1. The Balaban J connectivity index is 1.53. The number of hydrogen-bond donors (Lipinski definition) is 2. The molecule has 3 heterocycles. The van der Waals surface area contributed by atoms with Gasteiger partial charge in [-0.1, -0.05) is 0 Å².